The van der Waals surface area contributed by atoms with Crippen molar-refractivity contribution in [2.45, 2.75) is 52.1 Å². The fourth-order valence-corrected chi connectivity index (χ4v) is 4.44. The summed E-state index contributed by atoms with van der Waals surface area (Å²) in [7, 11) is 0. The van der Waals surface area contributed by atoms with Crippen molar-refractivity contribution in [3.63, 3.8) is 0 Å². The molecule has 1 aliphatic heterocycles. The van der Waals surface area contributed by atoms with Crippen LogP contribution in [0.1, 0.15) is 53.2 Å². The summed E-state index contributed by atoms with van der Waals surface area (Å²) in [5.41, 5.74) is 8.57. The number of ether oxygens (including phenoxy) is 1. The van der Waals surface area contributed by atoms with Gasteiger partial charge in [0.25, 0.3) is 0 Å². The van der Waals surface area contributed by atoms with E-state index >= 15 is 0 Å². The van der Waals surface area contributed by atoms with Crippen LogP contribution in [0.5, 0.6) is 5.75 Å². The van der Waals surface area contributed by atoms with Crippen molar-refractivity contribution in [1.82, 2.24) is 0 Å². The fraction of sp³-hybridized carbons (Fsp3) is 0.296. The lowest BCUT2D eigenvalue weighted by Crippen LogP contribution is -2.07. The molecule has 30 heavy (non-hydrogen) atoms. The predicted molar refractivity (Wildman–Crippen MR) is 120 cm³/mol. The molecular formula is C27H28O3. The maximum absolute atomic E-state index is 10.9. The molecule has 0 saturated heterocycles. The number of fused-ring (bicyclic) bond motifs is 1. The zero-order valence-electron chi connectivity index (χ0n) is 17.7. The van der Waals surface area contributed by atoms with Crippen LogP contribution in [0.15, 0.2) is 60.7 Å². The molecule has 3 aromatic carbocycles. The first-order valence-corrected chi connectivity index (χ1v) is 10.7. The van der Waals surface area contributed by atoms with Crippen molar-refractivity contribution in [2.75, 3.05) is 0 Å². The summed E-state index contributed by atoms with van der Waals surface area (Å²) in [5.74, 6) is 0.166. The van der Waals surface area contributed by atoms with Gasteiger partial charge in [-0.15, -0.1) is 0 Å². The Morgan fingerprint density at radius 2 is 1.80 bits per heavy atom. The maximum atomic E-state index is 10.9. The summed E-state index contributed by atoms with van der Waals surface area (Å²) in [6.45, 7) is 4.32. The third-order valence-corrected chi connectivity index (χ3v) is 5.96. The second-order valence-electron chi connectivity index (χ2n) is 8.23. The summed E-state index contributed by atoms with van der Waals surface area (Å²) in [6.07, 6.45) is 3.73. The topological polar surface area (TPSA) is 46.5 Å². The Morgan fingerprint density at radius 3 is 2.57 bits per heavy atom. The summed E-state index contributed by atoms with van der Waals surface area (Å²) < 4.78 is 6.46. The van der Waals surface area contributed by atoms with Crippen LogP contribution < -0.4 is 4.74 Å². The lowest BCUT2D eigenvalue weighted by molar-refractivity contribution is -0.136. The Balaban J connectivity index is 1.59. The zero-order chi connectivity index (χ0) is 21.1. The molecule has 0 radical (unpaired) electrons. The highest BCUT2D eigenvalue weighted by Crippen LogP contribution is 2.36. The van der Waals surface area contributed by atoms with Gasteiger partial charge in [-0.25, -0.2) is 0 Å². The molecule has 3 nitrogen and oxygen atoms in total. The largest absolute Gasteiger partial charge is 0.485 e. The molecule has 0 amide bonds. The minimum atomic E-state index is -0.759. The number of carbonyl (C=O) groups is 1. The molecule has 3 aromatic rings. The number of carboxylic acid groups (broad SMARTS) is 1. The highest BCUT2D eigenvalue weighted by atomic mass is 16.5. The van der Waals surface area contributed by atoms with E-state index in [1.165, 1.54) is 33.4 Å². The van der Waals surface area contributed by atoms with Gasteiger partial charge in [0.15, 0.2) is 0 Å². The average molecular weight is 401 g/mol. The highest BCUT2D eigenvalue weighted by Gasteiger charge is 2.20. The van der Waals surface area contributed by atoms with Crippen LogP contribution in [0.3, 0.4) is 0 Å². The van der Waals surface area contributed by atoms with Gasteiger partial charge in [-0.2, -0.15) is 0 Å². The standard InChI is InChI=1S/C27H28O3/c1-18-6-3-7-19(2)27(18)23-10-4-8-22(17-23)24-11-5-9-21-16-20(13-15-26(28)29)12-14-25(21)30-24/h3-4,6-8,10,12,14,16-17,24H,5,9,11,13,15H2,1-2H3,(H,28,29). The molecule has 1 atom stereocenters. The molecule has 0 saturated carbocycles. The normalized spacial score (nSPS) is 15.7. The second kappa shape index (κ2) is 8.74. The monoisotopic (exact) mass is 400 g/mol. The first-order valence-electron chi connectivity index (χ1n) is 10.7. The minimum absolute atomic E-state index is 0.0281. The van der Waals surface area contributed by atoms with E-state index < -0.39 is 5.97 Å². The highest BCUT2D eigenvalue weighted by molar-refractivity contribution is 5.71. The predicted octanol–water partition coefficient (Wildman–Crippen LogP) is 6.44. The van der Waals surface area contributed by atoms with Crippen molar-refractivity contribution in [2.24, 2.45) is 0 Å². The first kappa shape index (κ1) is 20.2. The van der Waals surface area contributed by atoms with Crippen LogP contribution in [-0.2, 0) is 17.6 Å². The Bertz CT molecular complexity index is 1050. The van der Waals surface area contributed by atoms with E-state index in [-0.39, 0.29) is 12.5 Å². The minimum Gasteiger partial charge on any atom is -0.485 e. The lowest BCUT2D eigenvalue weighted by Gasteiger charge is -2.20. The van der Waals surface area contributed by atoms with Gasteiger partial charge < -0.3 is 9.84 Å². The Morgan fingerprint density at radius 1 is 1.03 bits per heavy atom. The van der Waals surface area contributed by atoms with Crippen molar-refractivity contribution >= 4 is 5.97 Å². The summed E-state index contributed by atoms with van der Waals surface area (Å²) in [6, 6.07) is 21.3. The third-order valence-electron chi connectivity index (χ3n) is 5.96. The number of rotatable bonds is 5. The molecule has 1 N–H and O–H groups in total. The van der Waals surface area contributed by atoms with Crippen LogP contribution in [0.25, 0.3) is 11.1 Å². The Labute approximate surface area is 178 Å². The molecule has 4 rings (SSSR count). The van der Waals surface area contributed by atoms with Crippen molar-refractivity contribution in [3.05, 3.63) is 88.5 Å². The number of hydrogen-bond acceptors (Lipinski definition) is 2. The zero-order valence-corrected chi connectivity index (χ0v) is 17.7. The number of aliphatic carboxylic acids is 1. The summed E-state index contributed by atoms with van der Waals surface area (Å²) in [4.78, 5) is 10.9. The third kappa shape index (κ3) is 4.40. The van der Waals surface area contributed by atoms with Gasteiger partial charge in [0.05, 0.1) is 0 Å². The molecule has 0 fully saturated rings. The van der Waals surface area contributed by atoms with E-state index in [0.29, 0.717) is 6.42 Å². The molecule has 0 aromatic heterocycles. The van der Waals surface area contributed by atoms with Gasteiger partial charge in [0.2, 0.25) is 0 Å². The van der Waals surface area contributed by atoms with Gasteiger partial charge in [-0.05, 0) is 90.6 Å². The SMILES string of the molecule is Cc1cccc(C)c1-c1cccc(C2CCCc3cc(CCC(=O)O)ccc3O2)c1. The molecular weight excluding hydrogens is 372 g/mol. The average Bonchev–Trinajstić information content (AvgIpc) is 2.94. The van der Waals surface area contributed by atoms with Crippen LogP contribution >= 0.6 is 0 Å². The molecule has 0 aliphatic carbocycles. The number of carboxylic acids is 1. The molecule has 154 valence electrons. The smallest absolute Gasteiger partial charge is 0.303 e. The van der Waals surface area contributed by atoms with Gasteiger partial charge in [-0.3, -0.25) is 4.79 Å². The van der Waals surface area contributed by atoms with Gasteiger partial charge in [-0.1, -0.05) is 48.5 Å². The van der Waals surface area contributed by atoms with E-state index in [1.807, 2.05) is 12.1 Å². The van der Waals surface area contributed by atoms with Crippen LogP contribution in [0.4, 0.5) is 0 Å². The van der Waals surface area contributed by atoms with Crippen LogP contribution in [0.2, 0.25) is 0 Å². The number of hydrogen-bond donors (Lipinski definition) is 1. The van der Waals surface area contributed by atoms with Crippen LogP contribution in [0, 0.1) is 13.8 Å². The second-order valence-corrected chi connectivity index (χ2v) is 8.23. The van der Waals surface area contributed by atoms with Crippen molar-refractivity contribution < 1.29 is 14.6 Å². The van der Waals surface area contributed by atoms with E-state index in [4.69, 9.17) is 9.84 Å². The van der Waals surface area contributed by atoms with E-state index in [2.05, 4.69) is 62.4 Å². The molecule has 1 unspecified atom stereocenters. The Kier molecular flexibility index (Phi) is 5.89. The quantitative estimate of drug-likeness (QED) is 0.536. The number of aryl methyl sites for hydroxylation is 4. The number of benzene rings is 3. The molecule has 3 heteroatoms. The summed E-state index contributed by atoms with van der Waals surface area (Å²) in [5, 5.41) is 8.93. The van der Waals surface area contributed by atoms with Gasteiger partial charge >= 0.3 is 5.97 Å². The first-order chi connectivity index (χ1) is 14.5. The fourth-order valence-electron chi connectivity index (χ4n) is 4.44. The maximum Gasteiger partial charge on any atom is 0.303 e. The van der Waals surface area contributed by atoms with E-state index in [9.17, 15) is 4.79 Å². The molecule has 1 aliphatic rings. The van der Waals surface area contributed by atoms with E-state index in [0.717, 1.165) is 30.6 Å². The van der Waals surface area contributed by atoms with Gasteiger partial charge in [0, 0.05) is 6.42 Å². The van der Waals surface area contributed by atoms with Crippen molar-refractivity contribution in [1.29, 1.82) is 0 Å². The molecule has 0 spiro atoms. The lowest BCUT2D eigenvalue weighted by atomic mass is 9.93. The van der Waals surface area contributed by atoms with Crippen LogP contribution in [-0.4, -0.2) is 11.1 Å². The van der Waals surface area contributed by atoms with E-state index in [1.54, 1.807) is 0 Å². The molecule has 1 heterocycles. The summed E-state index contributed by atoms with van der Waals surface area (Å²) >= 11 is 0. The van der Waals surface area contributed by atoms with Gasteiger partial charge in [0.1, 0.15) is 11.9 Å². The molecule has 0 bridgehead atoms. The van der Waals surface area contributed by atoms with Crippen molar-refractivity contribution in [3.8, 4) is 16.9 Å². The Hall–Kier alpha value is -3.07.